The van der Waals surface area contributed by atoms with Crippen LogP contribution in [0.5, 0.6) is 0 Å². The van der Waals surface area contributed by atoms with Gasteiger partial charge in [-0.25, -0.2) is 0 Å². The van der Waals surface area contributed by atoms with Gasteiger partial charge >= 0.3 is 0 Å². The van der Waals surface area contributed by atoms with Crippen LogP contribution in [0.25, 0.3) is 0 Å². The van der Waals surface area contributed by atoms with Crippen LogP contribution < -0.4 is 0 Å². The molecule has 0 unspecified atom stereocenters. The highest BCUT2D eigenvalue weighted by atomic mass is 32.2. The summed E-state index contributed by atoms with van der Waals surface area (Å²) in [7, 11) is -3.87. The van der Waals surface area contributed by atoms with Gasteiger partial charge in [0.2, 0.25) is 0 Å². The van der Waals surface area contributed by atoms with Gasteiger partial charge in [-0.2, -0.15) is 8.42 Å². The molecule has 0 aliphatic rings. The Morgan fingerprint density at radius 3 is 2.33 bits per heavy atom. The van der Waals surface area contributed by atoms with Gasteiger partial charge in [0.25, 0.3) is 10.1 Å². The fraction of sp³-hybridized carbons (Fsp3) is 0.500. The molecule has 0 saturated carbocycles. The molecule has 1 aromatic carbocycles. The molecule has 0 amide bonds. The first-order chi connectivity index (χ1) is 8.27. The maximum absolute atomic E-state index is 11.8. The lowest BCUT2D eigenvalue weighted by Gasteiger charge is -2.21. The summed E-state index contributed by atoms with van der Waals surface area (Å²) in [5, 5.41) is 18.4. The first kappa shape index (κ1) is 15.1. The fourth-order valence-electron chi connectivity index (χ4n) is 1.29. The van der Waals surface area contributed by atoms with Crippen LogP contribution in [0.4, 0.5) is 0 Å². The van der Waals surface area contributed by atoms with Crippen molar-refractivity contribution in [1.29, 1.82) is 0 Å². The van der Waals surface area contributed by atoms with Crippen molar-refractivity contribution >= 4 is 10.1 Å². The van der Waals surface area contributed by atoms with Crippen molar-refractivity contribution in [2.24, 2.45) is 0 Å². The Morgan fingerprint density at radius 1 is 1.28 bits per heavy atom. The minimum Gasteiger partial charge on any atom is -0.396 e. The number of benzene rings is 1. The van der Waals surface area contributed by atoms with E-state index in [1.807, 2.05) is 6.92 Å². The minimum absolute atomic E-state index is 0.0490. The summed E-state index contributed by atoms with van der Waals surface area (Å²) in [6.07, 6.45) is 0.0520. The Balaban J connectivity index is 2.74. The molecule has 0 radical (unpaired) electrons. The predicted molar refractivity (Wildman–Crippen MR) is 66.6 cm³/mol. The van der Waals surface area contributed by atoms with Gasteiger partial charge in [0.15, 0.2) is 0 Å². The Bertz CT molecular complexity index is 476. The van der Waals surface area contributed by atoms with Crippen molar-refractivity contribution in [3.63, 3.8) is 0 Å². The van der Waals surface area contributed by atoms with Crippen molar-refractivity contribution in [3.8, 4) is 0 Å². The molecule has 0 fully saturated rings. The van der Waals surface area contributed by atoms with E-state index in [4.69, 9.17) is 9.29 Å². The average Bonchev–Trinajstić information content (AvgIpc) is 2.27. The molecule has 5 nitrogen and oxygen atoms in total. The number of aliphatic hydroxyl groups excluding tert-OH is 1. The van der Waals surface area contributed by atoms with Gasteiger partial charge in [-0.1, -0.05) is 17.7 Å². The molecule has 0 aliphatic carbocycles. The van der Waals surface area contributed by atoms with Crippen LogP contribution >= 0.6 is 0 Å². The third kappa shape index (κ3) is 4.38. The van der Waals surface area contributed by atoms with Gasteiger partial charge < -0.3 is 10.2 Å². The molecule has 0 saturated heterocycles. The quantitative estimate of drug-likeness (QED) is 0.751. The molecule has 18 heavy (non-hydrogen) atoms. The number of hydrogen-bond donors (Lipinski definition) is 2. The zero-order valence-corrected chi connectivity index (χ0v) is 11.3. The van der Waals surface area contributed by atoms with Gasteiger partial charge in [-0.15, -0.1) is 0 Å². The summed E-state index contributed by atoms with van der Waals surface area (Å²) >= 11 is 0. The highest BCUT2D eigenvalue weighted by molar-refractivity contribution is 7.86. The minimum atomic E-state index is -3.87. The molecule has 6 heteroatoms. The van der Waals surface area contributed by atoms with Crippen molar-refractivity contribution in [2.45, 2.75) is 30.8 Å². The summed E-state index contributed by atoms with van der Waals surface area (Å²) in [5.41, 5.74) is -0.423. The van der Waals surface area contributed by atoms with E-state index in [2.05, 4.69) is 0 Å². The number of hydrogen-bond acceptors (Lipinski definition) is 5. The molecule has 1 rings (SSSR count). The number of aryl methyl sites for hydroxylation is 1. The van der Waals surface area contributed by atoms with Crippen LogP contribution in [0.1, 0.15) is 18.9 Å². The summed E-state index contributed by atoms with van der Waals surface area (Å²) in [6.45, 7) is 2.64. The van der Waals surface area contributed by atoms with Crippen LogP contribution in [-0.2, 0) is 14.3 Å². The third-order valence-corrected chi connectivity index (χ3v) is 3.76. The van der Waals surface area contributed by atoms with Gasteiger partial charge in [0.1, 0.15) is 0 Å². The molecule has 1 aromatic rings. The summed E-state index contributed by atoms with van der Waals surface area (Å²) in [5.74, 6) is 0. The second-order valence-corrected chi connectivity index (χ2v) is 6.12. The van der Waals surface area contributed by atoms with Crippen molar-refractivity contribution in [1.82, 2.24) is 0 Å². The van der Waals surface area contributed by atoms with E-state index < -0.39 is 15.7 Å². The zero-order valence-electron chi connectivity index (χ0n) is 10.5. The second-order valence-electron chi connectivity index (χ2n) is 4.50. The van der Waals surface area contributed by atoms with Crippen LogP contribution in [0.15, 0.2) is 29.2 Å². The van der Waals surface area contributed by atoms with E-state index in [0.29, 0.717) is 0 Å². The molecule has 0 aliphatic heterocycles. The summed E-state index contributed by atoms with van der Waals surface area (Å²) in [6, 6.07) is 6.24. The number of rotatable bonds is 6. The van der Waals surface area contributed by atoms with Gasteiger partial charge in [0, 0.05) is 13.0 Å². The Kier molecular flexibility index (Phi) is 4.86. The predicted octanol–water partition coefficient (Wildman–Crippen LogP) is 0.834. The molecular weight excluding hydrogens is 256 g/mol. The Hall–Kier alpha value is -0.950. The van der Waals surface area contributed by atoms with E-state index in [-0.39, 0.29) is 24.5 Å². The van der Waals surface area contributed by atoms with E-state index >= 15 is 0 Å². The van der Waals surface area contributed by atoms with Gasteiger partial charge in [-0.05, 0) is 26.0 Å². The summed E-state index contributed by atoms with van der Waals surface area (Å²) < 4.78 is 28.4. The normalized spacial score (nSPS) is 15.3. The highest BCUT2D eigenvalue weighted by Gasteiger charge is 2.25. The number of aliphatic hydroxyl groups is 2. The summed E-state index contributed by atoms with van der Waals surface area (Å²) in [4.78, 5) is 0.0490. The molecule has 0 spiro atoms. The smallest absolute Gasteiger partial charge is 0.297 e. The Labute approximate surface area is 107 Å². The molecule has 1 atom stereocenters. The van der Waals surface area contributed by atoms with Crippen molar-refractivity contribution < 1.29 is 22.8 Å². The van der Waals surface area contributed by atoms with E-state index in [9.17, 15) is 13.5 Å². The van der Waals surface area contributed by atoms with Crippen molar-refractivity contribution in [3.05, 3.63) is 29.8 Å². The standard InChI is InChI=1S/C12H18O5S/c1-10-3-5-11(6-4-10)18(15,16)17-9-12(2,14)7-8-13/h3-6,13-14H,7-9H2,1-2H3/t12-/m1/s1. The second kappa shape index (κ2) is 5.79. The Morgan fingerprint density at radius 2 is 1.83 bits per heavy atom. The van der Waals surface area contributed by atoms with Crippen molar-refractivity contribution in [2.75, 3.05) is 13.2 Å². The highest BCUT2D eigenvalue weighted by Crippen LogP contribution is 2.17. The lowest BCUT2D eigenvalue weighted by atomic mass is 10.1. The van der Waals surface area contributed by atoms with Crippen LogP contribution in [0, 0.1) is 6.92 Å². The maximum Gasteiger partial charge on any atom is 0.297 e. The molecule has 102 valence electrons. The third-order valence-electron chi connectivity index (χ3n) is 2.49. The largest absolute Gasteiger partial charge is 0.396 e. The van der Waals surface area contributed by atoms with Gasteiger partial charge in [0.05, 0.1) is 17.1 Å². The van der Waals surface area contributed by atoms with Crippen LogP contribution in [0.2, 0.25) is 0 Å². The first-order valence-electron chi connectivity index (χ1n) is 5.56. The van der Waals surface area contributed by atoms with Gasteiger partial charge in [-0.3, -0.25) is 4.18 Å². The SMILES string of the molecule is Cc1ccc(S(=O)(=O)OC[C@](C)(O)CCO)cc1. The molecule has 0 bridgehead atoms. The lowest BCUT2D eigenvalue weighted by Crippen LogP contribution is -2.33. The molecule has 2 N–H and O–H groups in total. The first-order valence-corrected chi connectivity index (χ1v) is 6.97. The zero-order chi connectivity index (χ0) is 13.8. The van der Waals surface area contributed by atoms with Crippen LogP contribution in [-0.4, -0.2) is 37.4 Å². The van der Waals surface area contributed by atoms with E-state index in [1.165, 1.54) is 19.1 Å². The topological polar surface area (TPSA) is 83.8 Å². The van der Waals surface area contributed by atoms with E-state index in [0.717, 1.165) is 5.56 Å². The van der Waals surface area contributed by atoms with Crippen LogP contribution in [0.3, 0.4) is 0 Å². The monoisotopic (exact) mass is 274 g/mol. The van der Waals surface area contributed by atoms with E-state index in [1.54, 1.807) is 12.1 Å². The maximum atomic E-state index is 11.8. The fourth-order valence-corrected chi connectivity index (χ4v) is 2.31. The molecular formula is C12H18O5S. The molecule has 0 aromatic heterocycles. The average molecular weight is 274 g/mol. The molecule has 0 heterocycles. The lowest BCUT2D eigenvalue weighted by molar-refractivity contribution is -0.00580.